The van der Waals surface area contributed by atoms with Crippen molar-refractivity contribution in [1.82, 2.24) is 14.5 Å². The predicted octanol–water partition coefficient (Wildman–Crippen LogP) is -1.27. The largest absolute Gasteiger partial charge is 1.00 e. The van der Waals surface area contributed by atoms with Crippen LogP contribution in [0.5, 0.6) is 0 Å². The summed E-state index contributed by atoms with van der Waals surface area (Å²) in [5, 5.41) is 0. The molecule has 1 aliphatic rings. The van der Waals surface area contributed by atoms with Gasteiger partial charge in [0.25, 0.3) is 5.82 Å². The lowest BCUT2D eigenvalue weighted by atomic mass is 10.2. The number of halogens is 1. The Morgan fingerprint density at radius 3 is 2.52 bits per heavy atom. The van der Waals surface area contributed by atoms with Gasteiger partial charge in [0, 0.05) is 5.56 Å². The summed E-state index contributed by atoms with van der Waals surface area (Å²) in [6.45, 7) is 3.34. The Labute approximate surface area is 149 Å². The Morgan fingerprint density at radius 2 is 1.86 bits per heavy atom. The molecular weight excluding hydrogens is 417 g/mol. The maximum atomic E-state index is 5.41. The third-order valence-corrected chi connectivity index (χ3v) is 5.05. The van der Waals surface area contributed by atoms with Crippen LogP contribution in [-0.2, 0) is 4.74 Å². The van der Waals surface area contributed by atoms with Gasteiger partial charge in [-0.15, -0.1) is 0 Å². The van der Waals surface area contributed by atoms with Crippen LogP contribution in [0.3, 0.4) is 0 Å². The molecular formula is C14H16IN3OS2. The van der Waals surface area contributed by atoms with Gasteiger partial charge in [0.05, 0.1) is 13.2 Å². The average molecular weight is 433 g/mol. The van der Waals surface area contributed by atoms with Gasteiger partial charge in [-0.1, -0.05) is 30.0 Å². The highest BCUT2D eigenvalue weighted by Gasteiger charge is 2.16. The van der Waals surface area contributed by atoms with Crippen LogP contribution in [0, 0.1) is 0 Å². The Morgan fingerprint density at radius 1 is 1.14 bits per heavy atom. The fourth-order valence-electron chi connectivity index (χ4n) is 2.02. The van der Waals surface area contributed by atoms with Gasteiger partial charge in [0.2, 0.25) is 0 Å². The van der Waals surface area contributed by atoms with Gasteiger partial charge in [-0.05, 0) is 34.7 Å². The van der Waals surface area contributed by atoms with Gasteiger partial charge in [-0.3, -0.25) is 0 Å². The molecule has 0 atom stereocenters. The molecule has 1 aromatic carbocycles. The molecule has 0 aliphatic carbocycles. The van der Waals surface area contributed by atoms with Crippen LogP contribution < -0.4 is 33.4 Å². The zero-order chi connectivity index (χ0) is 13.8. The molecule has 3 rings (SSSR count). The third kappa shape index (κ3) is 4.24. The number of morpholine rings is 1. The van der Waals surface area contributed by atoms with Crippen molar-refractivity contribution in [3.63, 3.8) is 0 Å². The molecule has 4 nitrogen and oxygen atoms in total. The van der Waals surface area contributed by atoms with Crippen LogP contribution in [0.15, 0.2) is 34.7 Å². The lowest BCUT2D eigenvalue weighted by Crippen LogP contribution is -3.00. The van der Waals surface area contributed by atoms with Crippen LogP contribution >= 0.6 is 23.1 Å². The number of hydrogen-bond donors (Lipinski definition) is 0. The zero-order valence-electron chi connectivity index (χ0n) is 11.7. The lowest BCUT2D eigenvalue weighted by Gasteiger charge is -2.12. The second-order valence-electron chi connectivity index (χ2n) is 4.37. The molecule has 0 saturated carbocycles. The first-order chi connectivity index (χ1) is 9.86. The minimum Gasteiger partial charge on any atom is -1.00 e. The Kier molecular flexibility index (Phi) is 6.59. The number of rotatable bonds is 2. The topological polar surface area (TPSA) is 38.0 Å². The van der Waals surface area contributed by atoms with Gasteiger partial charge in [0.15, 0.2) is 4.34 Å². The van der Waals surface area contributed by atoms with Crippen LogP contribution in [-0.4, -0.2) is 42.5 Å². The first-order valence-electron chi connectivity index (χ1n) is 6.51. The van der Waals surface area contributed by atoms with Crippen molar-refractivity contribution in [2.75, 3.05) is 32.6 Å². The van der Waals surface area contributed by atoms with Crippen LogP contribution in [0.4, 0.5) is 0 Å². The van der Waals surface area contributed by atoms with E-state index in [-0.39, 0.29) is 24.0 Å². The molecule has 0 bridgehead atoms. The molecule has 0 unspecified atom stereocenters. The number of thioether (sulfide) groups is 1. The second kappa shape index (κ2) is 8.21. The van der Waals surface area contributed by atoms with E-state index in [1.807, 2.05) is 30.3 Å². The minimum absolute atomic E-state index is 0. The maximum absolute atomic E-state index is 5.41. The van der Waals surface area contributed by atoms with E-state index in [2.05, 4.69) is 15.8 Å². The summed E-state index contributed by atoms with van der Waals surface area (Å²) in [4.78, 5) is 10.4. The van der Waals surface area contributed by atoms with E-state index < -0.39 is 0 Å². The molecule has 0 spiro atoms. The van der Waals surface area contributed by atoms with Crippen molar-refractivity contribution >= 4 is 23.1 Å². The van der Waals surface area contributed by atoms with E-state index in [0.29, 0.717) is 0 Å². The molecule has 112 valence electrons. The maximum Gasteiger partial charge on any atom is 0.382 e. The molecule has 0 amide bonds. The van der Waals surface area contributed by atoms with Crippen molar-refractivity contribution in [2.45, 2.75) is 4.34 Å². The SMILES string of the molecule is CSc1nc(-c2ccccc2)nc(=[N+]2CCOCC2)s1.[I-]. The molecule has 21 heavy (non-hydrogen) atoms. The van der Waals surface area contributed by atoms with Crippen LogP contribution in [0.25, 0.3) is 11.4 Å². The van der Waals surface area contributed by atoms with E-state index >= 15 is 0 Å². The third-order valence-electron chi connectivity index (χ3n) is 3.07. The average Bonchev–Trinajstić information content (AvgIpc) is 2.56. The van der Waals surface area contributed by atoms with E-state index in [4.69, 9.17) is 9.72 Å². The van der Waals surface area contributed by atoms with E-state index in [0.717, 1.165) is 46.8 Å². The zero-order valence-corrected chi connectivity index (χ0v) is 15.5. The summed E-state index contributed by atoms with van der Waals surface area (Å²) in [7, 11) is 0. The van der Waals surface area contributed by atoms with Crippen LogP contribution in [0.1, 0.15) is 0 Å². The van der Waals surface area contributed by atoms with Crippen molar-refractivity contribution in [1.29, 1.82) is 0 Å². The Balaban J connectivity index is 0.00000161. The molecule has 1 saturated heterocycles. The molecule has 2 heterocycles. The molecule has 1 fully saturated rings. The van der Waals surface area contributed by atoms with E-state index in [1.54, 1.807) is 23.1 Å². The first-order valence-corrected chi connectivity index (χ1v) is 8.55. The van der Waals surface area contributed by atoms with E-state index in [9.17, 15) is 0 Å². The van der Waals surface area contributed by atoms with Gasteiger partial charge >= 0.3 is 4.80 Å². The van der Waals surface area contributed by atoms with Crippen molar-refractivity contribution in [2.24, 2.45) is 0 Å². The Bertz CT molecular complexity index is 653. The fraction of sp³-hybridized carbons (Fsp3) is 0.357. The molecule has 1 aliphatic heterocycles. The highest BCUT2D eigenvalue weighted by Crippen LogP contribution is 2.19. The molecule has 0 radical (unpaired) electrons. The highest BCUT2D eigenvalue weighted by molar-refractivity contribution is 8.00. The normalized spacial score (nSPS) is 14.6. The lowest BCUT2D eigenvalue weighted by molar-refractivity contribution is -0.00000487. The number of nitrogens with zero attached hydrogens (tertiary/aromatic N) is 3. The number of ether oxygens (including phenoxy) is 1. The highest BCUT2D eigenvalue weighted by atomic mass is 127. The summed E-state index contributed by atoms with van der Waals surface area (Å²) in [5.74, 6) is 0.801. The van der Waals surface area contributed by atoms with Crippen molar-refractivity contribution in [3.8, 4) is 11.4 Å². The van der Waals surface area contributed by atoms with Gasteiger partial charge in [0.1, 0.15) is 13.1 Å². The number of aromatic nitrogens is 2. The first kappa shape index (κ1) is 16.9. The summed E-state index contributed by atoms with van der Waals surface area (Å²) in [6, 6.07) is 10.1. The Hall–Kier alpha value is -0.510. The number of hydrogen-bond acceptors (Lipinski definition) is 5. The quantitative estimate of drug-likeness (QED) is 0.337. The fourth-order valence-corrected chi connectivity index (χ4v) is 3.49. The van der Waals surface area contributed by atoms with Crippen molar-refractivity contribution in [3.05, 3.63) is 35.1 Å². The molecule has 0 N–H and O–H groups in total. The van der Waals surface area contributed by atoms with Gasteiger partial charge in [-0.2, -0.15) is 4.98 Å². The van der Waals surface area contributed by atoms with Gasteiger partial charge < -0.3 is 28.7 Å². The predicted molar refractivity (Wildman–Crippen MR) is 82.9 cm³/mol. The summed E-state index contributed by atoms with van der Waals surface area (Å²) in [5.41, 5.74) is 1.06. The minimum atomic E-state index is 0. The van der Waals surface area contributed by atoms with Gasteiger partial charge in [-0.25, -0.2) is 4.58 Å². The standard InChI is InChI=1S/C14H16N3OS2.HI/c1-19-14-16-12(11-5-3-2-4-6-11)15-13(20-14)17-7-9-18-10-8-17;/h2-6H,7-10H2,1H3;1H/q+1;/p-1. The summed E-state index contributed by atoms with van der Waals surface area (Å²) < 4.78 is 8.73. The molecule has 1 aromatic heterocycles. The molecule has 7 heteroatoms. The summed E-state index contributed by atoms with van der Waals surface area (Å²) >= 11 is 3.31. The van der Waals surface area contributed by atoms with Crippen molar-refractivity contribution < 1.29 is 28.7 Å². The molecule has 2 aromatic rings. The monoisotopic (exact) mass is 433 g/mol. The number of benzene rings is 1. The second-order valence-corrected chi connectivity index (χ2v) is 6.38. The van der Waals surface area contributed by atoms with Crippen LogP contribution in [0.2, 0.25) is 0 Å². The van der Waals surface area contributed by atoms with E-state index in [1.165, 1.54) is 0 Å². The smallest absolute Gasteiger partial charge is 0.382 e. The summed E-state index contributed by atoms with van der Waals surface area (Å²) in [6.07, 6.45) is 2.05.